The van der Waals surface area contributed by atoms with E-state index in [4.69, 9.17) is 4.42 Å². The highest BCUT2D eigenvalue weighted by Gasteiger charge is 2.13. The summed E-state index contributed by atoms with van der Waals surface area (Å²) in [4.78, 5) is 16.3. The number of pyridine rings is 1. The Bertz CT molecular complexity index is 749. The number of aliphatic hydroxyl groups is 1. The fourth-order valence-corrected chi connectivity index (χ4v) is 2.31. The number of hydrogen-bond donors (Lipinski definition) is 2. The van der Waals surface area contributed by atoms with Crippen molar-refractivity contribution >= 4 is 11.6 Å². The maximum atomic E-state index is 12.2. The van der Waals surface area contributed by atoms with Crippen LogP contribution in [0.5, 0.6) is 0 Å². The van der Waals surface area contributed by atoms with Crippen molar-refractivity contribution in [2.45, 2.75) is 6.42 Å². The van der Waals surface area contributed by atoms with Crippen LogP contribution in [0.1, 0.15) is 16.1 Å². The number of carbonyl (C=O) groups is 1. The summed E-state index contributed by atoms with van der Waals surface area (Å²) in [5, 5.41) is 12.3. The maximum absolute atomic E-state index is 12.2. The van der Waals surface area contributed by atoms with E-state index in [0.717, 1.165) is 11.4 Å². The summed E-state index contributed by atoms with van der Waals surface area (Å²) in [6.07, 6.45) is 7.40. The van der Waals surface area contributed by atoms with Gasteiger partial charge in [-0.05, 0) is 24.3 Å². The Hall–Kier alpha value is -2.60. The van der Waals surface area contributed by atoms with E-state index in [2.05, 4.69) is 10.3 Å². The zero-order valence-electron chi connectivity index (χ0n) is 12.0. The van der Waals surface area contributed by atoms with Gasteiger partial charge >= 0.3 is 0 Å². The van der Waals surface area contributed by atoms with Gasteiger partial charge < -0.3 is 19.2 Å². The summed E-state index contributed by atoms with van der Waals surface area (Å²) in [5.74, 6) is 0.550. The lowest BCUT2D eigenvalue weighted by Gasteiger charge is -2.14. The highest BCUT2D eigenvalue weighted by atomic mass is 16.3. The van der Waals surface area contributed by atoms with Gasteiger partial charge in [-0.1, -0.05) is 0 Å². The molecule has 3 aromatic heterocycles. The van der Waals surface area contributed by atoms with Crippen molar-refractivity contribution in [2.75, 3.05) is 13.2 Å². The third kappa shape index (κ3) is 3.17. The summed E-state index contributed by atoms with van der Waals surface area (Å²) < 4.78 is 7.06. The molecule has 0 saturated carbocycles. The van der Waals surface area contributed by atoms with Gasteiger partial charge in [-0.25, -0.2) is 4.98 Å². The van der Waals surface area contributed by atoms with E-state index in [1.165, 1.54) is 0 Å². The number of nitrogens with one attached hydrogen (secondary N) is 1. The molecule has 0 aromatic carbocycles. The van der Waals surface area contributed by atoms with Crippen LogP contribution in [0.3, 0.4) is 0 Å². The average Bonchev–Trinajstić information content (AvgIpc) is 3.21. The van der Waals surface area contributed by atoms with Crippen LogP contribution >= 0.6 is 0 Å². The van der Waals surface area contributed by atoms with Crippen LogP contribution in [0.25, 0.3) is 5.65 Å². The maximum Gasteiger partial charge on any atom is 0.252 e. The predicted octanol–water partition coefficient (Wildman–Crippen LogP) is 1.51. The number of hydrogen-bond acceptors (Lipinski definition) is 4. The molecule has 0 aliphatic carbocycles. The van der Waals surface area contributed by atoms with Crippen LogP contribution in [0.2, 0.25) is 0 Å². The van der Waals surface area contributed by atoms with Crippen LogP contribution in [0.4, 0.5) is 0 Å². The number of amides is 1. The molecule has 6 nitrogen and oxygen atoms in total. The van der Waals surface area contributed by atoms with E-state index in [1.54, 1.807) is 41.4 Å². The van der Waals surface area contributed by atoms with Gasteiger partial charge in [-0.2, -0.15) is 0 Å². The van der Waals surface area contributed by atoms with Crippen molar-refractivity contribution in [1.82, 2.24) is 14.7 Å². The number of aliphatic hydroxyl groups excluding tert-OH is 1. The summed E-state index contributed by atoms with van der Waals surface area (Å²) >= 11 is 0. The number of nitrogens with zero attached hydrogens (tertiary/aromatic N) is 2. The summed E-state index contributed by atoms with van der Waals surface area (Å²) in [6, 6.07) is 7.19. The van der Waals surface area contributed by atoms with Gasteiger partial charge in [0.25, 0.3) is 5.91 Å². The second-order valence-electron chi connectivity index (χ2n) is 5.15. The van der Waals surface area contributed by atoms with Crippen molar-refractivity contribution < 1.29 is 14.3 Å². The van der Waals surface area contributed by atoms with Gasteiger partial charge in [0, 0.05) is 44.1 Å². The fraction of sp³-hybridized carbons (Fsp3) is 0.250. The quantitative estimate of drug-likeness (QED) is 0.723. The van der Waals surface area contributed by atoms with E-state index in [9.17, 15) is 9.90 Å². The zero-order valence-corrected chi connectivity index (χ0v) is 12.0. The molecular formula is C16H17N3O3. The van der Waals surface area contributed by atoms with Gasteiger partial charge in [0.1, 0.15) is 11.4 Å². The molecule has 3 aromatic rings. The number of carbonyl (C=O) groups excluding carboxylic acids is 1. The minimum atomic E-state index is -0.173. The van der Waals surface area contributed by atoms with E-state index in [1.807, 2.05) is 12.1 Å². The minimum Gasteiger partial charge on any atom is -0.469 e. The molecular weight excluding hydrogens is 282 g/mol. The third-order valence-electron chi connectivity index (χ3n) is 3.53. The largest absolute Gasteiger partial charge is 0.469 e. The molecule has 0 radical (unpaired) electrons. The first-order valence-corrected chi connectivity index (χ1v) is 7.10. The highest BCUT2D eigenvalue weighted by Crippen LogP contribution is 2.09. The molecule has 1 amide bonds. The van der Waals surface area contributed by atoms with E-state index < -0.39 is 0 Å². The Balaban J connectivity index is 1.60. The smallest absolute Gasteiger partial charge is 0.252 e. The molecule has 3 rings (SSSR count). The van der Waals surface area contributed by atoms with Gasteiger partial charge in [0.15, 0.2) is 0 Å². The van der Waals surface area contributed by atoms with Gasteiger partial charge in [0.05, 0.1) is 11.8 Å². The summed E-state index contributed by atoms with van der Waals surface area (Å²) in [7, 11) is 0. The Morgan fingerprint density at radius 3 is 3.09 bits per heavy atom. The topological polar surface area (TPSA) is 79.8 Å². The van der Waals surface area contributed by atoms with Crippen LogP contribution in [0.15, 0.2) is 53.5 Å². The lowest BCUT2D eigenvalue weighted by molar-refractivity contribution is 0.0938. The first-order chi connectivity index (χ1) is 10.8. The summed E-state index contributed by atoms with van der Waals surface area (Å²) in [5.41, 5.74) is 1.35. The standard InChI is InChI=1S/C16H17N3O3/c20-11-12(8-14-2-1-7-22-14)9-18-16(21)13-3-4-15-17-5-6-19(15)10-13/h1-7,10,12,20H,8-9,11H2,(H,18,21)/t12-/m0/s1. The normalized spacial score (nSPS) is 12.4. The Morgan fingerprint density at radius 1 is 1.41 bits per heavy atom. The lowest BCUT2D eigenvalue weighted by atomic mass is 10.0. The molecule has 22 heavy (non-hydrogen) atoms. The minimum absolute atomic E-state index is 0.0124. The highest BCUT2D eigenvalue weighted by molar-refractivity contribution is 5.94. The van der Waals surface area contributed by atoms with Gasteiger partial charge in [-0.3, -0.25) is 4.79 Å². The molecule has 0 bridgehead atoms. The molecule has 6 heteroatoms. The molecule has 1 atom stereocenters. The van der Waals surface area contributed by atoms with Crippen molar-refractivity contribution in [1.29, 1.82) is 0 Å². The van der Waals surface area contributed by atoms with Crippen LogP contribution < -0.4 is 5.32 Å². The predicted molar refractivity (Wildman–Crippen MR) is 80.5 cm³/mol. The summed E-state index contributed by atoms with van der Waals surface area (Å²) in [6.45, 7) is 0.375. The molecule has 0 aliphatic heterocycles. The molecule has 2 N–H and O–H groups in total. The van der Waals surface area contributed by atoms with E-state index >= 15 is 0 Å². The first kappa shape index (κ1) is 14.3. The van der Waals surface area contributed by atoms with Crippen LogP contribution in [0, 0.1) is 5.92 Å². The van der Waals surface area contributed by atoms with E-state index in [-0.39, 0.29) is 18.4 Å². The molecule has 0 aliphatic rings. The molecule has 3 heterocycles. The molecule has 0 unspecified atom stereocenters. The first-order valence-electron chi connectivity index (χ1n) is 7.10. The second kappa shape index (κ2) is 6.44. The second-order valence-corrected chi connectivity index (χ2v) is 5.15. The fourth-order valence-electron chi connectivity index (χ4n) is 2.31. The lowest BCUT2D eigenvalue weighted by Crippen LogP contribution is -2.31. The molecule has 0 fully saturated rings. The van der Waals surface area contributed by atoms with Gasteiger partial charge in [0.2, 0.25) is 0 Å². The number of aromatic nitrogens is 2. The number of imidazole rings is 1. The number of rotatable bonds is 6. The molecule has 0 spiro atoms. The van der Waals surface area contributed by atoms with Crippen LogP contribution in [-0.2, 0) is 6.42 Å². The Kier molecular flexibility index (Phi) is 4.20. The Morgan fingerprint density at radius 2 is 2.32 bits per heavy atom. The average molecular weight is 299 g/mol. The monoisotopic (exact) mass is 299 g/mol. The molecule has 114 valence electrons. The van der Waals surface area contributed by atoms with Crippen molar-refractivity contribution in [3.63, 3.8) is 0 Å². The van der Waals surface area contributed by atoms with Crippen molar-refractivity contribution in [3.8, 4) is 0 Å². The zero-order chi connectivity index (χ0) is 15.4. The SMILES string of the molecule is O=C(NC[C@@H](CO)Cc1ccco1)c1ccc2nccn2c1. The number of fused-ring (bicyclic) bond motifs is 1. The van der Waals surface area contributed by atoms with Crippen molar-refractivity contribution in [2.24, 2.45) is 5.92 Å². The van der Waals surface area contributed by atoms with E-state index in [0.29, 0.717) is 18.5 Å². The number of furan rings is 1. The molecule has 0 saturated heterocycles. The van der Waals surface area contributed by atoms with Crippen molar-refractivity contribution in [3.05, 3.63) is 60.4 Å². The van der Waals surface area contributed by atoms with Gasteiger partial charge in [-0.15, -0.1) is 0 Å². The Labute approximate surface area is 127 Å². The third-order valence-corrected chi connectivity index (χ3v) is 3.53. The van der Waals surface area contributed by atoms with Crippen LogP contribution in [-0.4, -0.2) is 33.6 Å².